The van der Waals surface area contributed by atoms with Crippen molar-refractivity contribution < 1.29 is 14.3 Å². The van der Waals surface area contributed by atoms with Crippen LogP contribution in [0.15, 0.2) is 48.7 Å². The molecule has 2 N–H and O–H groups in total. The summed E-state index contributed by atoms with van der Waals surface area (Å²) >= 11 is 0. The molecule has 4 rings (SSSR count). The second kappa shape index (κ2) is 6.22. The lowest BCUT2D eigenvalue weighted by molar-refractivity contribution is -0.125. The van der Waals surface area contributed by atoms with Gasteiger partial charge in [0.25, 0.3) is 5.91 Å². The molecule has 0 saturated heterocycles. The van der Waals surface area contributed by atoms with Gasteiger partial charge in [-0.1, -0.05) is 18.2 Å². The largest absolute Gasteiger partial charge is 0.479 e. The Hall–Kier alpha value is -3.28. The lowest BCUT2D eigenvalue weighted by atomic mass is 10.1. The lowest BCUT2D eigenvalue weighted by Crippen LogP contribution is -2.41. The Kier molecular flexibility index (Phi) is 3.88. The van der Waals surface area contributed by atoms with E-state index in [1.165, 1.54) is 0 Å². The van der Waals surface area contributed by atoms with Crippen LogP contribution in [0, 0.1) is 0 Å². The molecule has 1 aliphatic heterocycles. The average Bonchev–Trinajstić information content (AvgIpc) is 3.02. The van der Waals surface area contributed by atoms with E-state index in [1.54, 1.807) is 37.1 Å². The summed E-state index contributed by atoms with van der Waals surface area (Å²) in [6.07, 6.45) is 1.60. The fraction of sp³-hybridized carbons (Fsp3) is 0.200. The molecule has 6 nitrogen and oxygen atoms in total. The van der Waals surface area contributed by atoms with Crippen LogP contribution in [0.3, 0.4) is 0 Å². The normalized spacial score (nSPS) is 16.3. The van der Waals surface area contributed by atoms with Gasteiger partial charge in [-0.05, 0) is 30.7 Å². The summed E-state index contributed by atoms with van der Waals surface area (Å²) in [7, 11) is 1.72. The predicted molar refractivity (Wildman–Crippen MR) is 101 cm³/mol. The number of hydrogen-bond acceptors (Lipinski definition) is 3. The molecule has 0 radical (unpaired) electrons. The van der Waals surface area contributed by atoms with Gasteiger partial charge in [-0.2, -0.15) is 0 Å². The number of likely N-dealkylation sites (N-methyl/N-ethyl adjacent to an activating group) is 1. The van der Waals surface area contributed by atoms with Crippen molar-refractivity contribution >= 4 is 34.1 Å². The number of benzene rings is 2. The third-order valence-electron chi connectivity index (χ3n) is 4.61. The van der Waals surface area contributed by atoms with Crippen molar-refractivity contribution in [3.63, 3.8) is 0 Å². The highest BCUT2D eigenvalue weighted by atomic mass is 16.5. The average molecular weight is 349 g/mol. The number of H-pyrrole nitrogens is 1. The van der Waals surface area contributed by atoms with Gasteiger partial charge >= 0.3 is 0 Å². The van der Waals surface area contributed by atoms with Crippen molar-refractivity contribution in [2.75, 3.05) is 17.3 Å². The Bertz CT molecular complexity index is 1010. The third-order valence-corrected chi connectivity index (χ3v) is 4.61. The van der Waals surface area contributed by atoms with Gasteiger partial charge in [-0.25, -0.2) is 0 Å². The number of fused-ring (bicyclic) bond motifs is 2. The van der Waals surface area contributed by atoms with E-state index in [9.17, 15) is 9.59 Å². The summed E-state index contributed by atoms with van der Waals surface area (Å²) in [5.41, 5.74) is 3.30. The van der Waals surface area contributed by atoms with E-state index in [0.717, 1.165) is 16.5 Å². The maximum absolute atomic E-state index is 12.4. The van der Waals surface area contributed by atoms with Gasteiger partial charge in [0.1, 0.15) is 5.75 Å². The van der Waals surface area contributed by atoms with Crippen LogP contribution < -0.4 is 15.0 Å². The number of para-hydroxylation sites is 1. The smallest absolute Gasteiger partial charge is 0.267 e. The number of ether oxygens (including phenoxy) is 1. The summed E-state index contributed by atoms with van der Waals surface area (Å²) < 4.78 is 5.65. The van der Waals surface area contributed by atoms with Gasteiger partial charge in [0.15, 0.2) is 6.10 Å². The standard InChI is InChI=1S/C20H19N3O3/c1-12-20(25)23(2)17-8-7-14(10-18(17)26-12)22-19(24)9-13-11-21-16-6-4-3-5-15(13)16/h3-8,10-12,21H,9H2,1-2H3,(H,22,24). The molecule has 2 aromatic carbocycles. The van der Waals surface area contributed by atoms with E-state index in [2.05, 4.69) is 10.3 Å². The second-order valence-electron chi connectivity index (χ2n) is 6.42. The Morgan fingerprint density at radius 1 is 1.27 bits per heavy atom. The van der Waals surface area contributed by atoms with Crippen molar-refractivity contribution in [3.05, 3.63) is 54.2 Å². The number of carbonyl (C=O) groups is 2. The first-order chi connectivity index (χ1) is 12.5. The zero-order valence-electron chi connectivity index (χ0n) is 14.6. The van der Waals surface area contributed by atoms with Gasteiger partial charge in [0, 0.05) is 35.9 Å². The molecule has 1 aliphatic rings. The van der Waals surface area contributed by atoms with E-state index >= 15 is 0 Å². The first-order valence-electron chi connectivity index (χ1n) is 8.46. The van der Waals surface area contributed by atoms with E-state index in [1.807, 2.05) is 30.5 Å². The Morgan fingerprint density at radius 3 is 2.92 bits per heavy atom. The highest BCUT2D eigenvalue weighted by Crippen LogP contribution is 2.35. The van der Waals surface area contributed by atoms with Crippen LogP contribution in [0.1, 0.15) is 12.5 Å². The molecule has 26 heavy (non-hydrogen) atoms. The van der Waals surface area contributed by atoms with Crippen LogP contribution in [0.2, 0.25) is 0 Å². The SMILES string of the molecule is CC1Oc2cc(NC(=O)Cc3c[nH]c4ccccc34)ccc2N(C)C1=O. The molecule has 0 bridgehead atoms. The number of nitrogens with zero attached hydrogens (tertiary/aromatic N) is 1. The van der Waals surface area contributed by atoms with Crippen LogP contribution in [-0.2, 0) is 16.0 Å². The summed E-state index contributed by atoms with van der Waals surface area (Å²) in [4.78, 5) is 29.2. The maximum atomic E-state index is 12.4. The number of hydrogen-bond donors (Lipinski definition) is 2. The quantitative estimate of drug-likeness (QED) is 0.763. The van der Waals surface area contributed by atoms with Crippen LogP contribution in [0.4, 0.5) is 11.4 Å². The van der Waals surface area contributed by atoms with Crippen molar-refractivity contribution in [3.8, 4) is 5.75 Å². The summed E-state index contributed by atoms with van der Waals surface area (Å²) in [5.74, 6) is 0.390. The molecular formula is C20H19N3O3. The monoisotopic (exact) mass is 349 g/mol. The van der Waals surface area contributed by atoms with Crippen LogP contribution >= 0.6 is 0 Å². The third kappa shape index (κ3) is 2.79. The van der Waals surface area contributed by atoms with Crippen molar-refractivity contribution in [2.45, 2.75) is 19.4 Å². The number of nitrogens with one attached hydrogen (secondary N) is 2. The summed E-state index contributed by atoms with van der Waals surface area (Å²) in [5, 5.41) is 3.95. The van der Waals surface area contributed by atoms with E-state index in [4.69, 9.17) is 4.74 Å². The minimum atomic E-state index is -0.537. The predicted octanol–water partition coefficient (Wildman–Crippen LogP) is 3.09. The molecule has 0 spiro atoms. The number of carbonyl (C=O) groups excluding carboxylic acids is 2. The fourth-order valence-electron chi connectivity index (χ4n) is 3.25. The van der Waals surface area contributed by atoms with Gasteiger partial charge in [-0.3, -0.25) is 9.59 Å². The first-order valence-corrected chi connectivity index (χ1v) is 8.46. The molecule has 1 atom stereocenters. The molecule has 1 unspecified atom stereocenters. The highest BCUT2D eigenvalue weighted by Gasteiger charge is 2.29. The molecule has 0 saturated carbocycles. The molecule has 6 heteroatoms. The number of rotatable bonds is 3. The minimum Gasteiger partial charge on any atom is -0.479 e. The Morgan fingerprint density at radius 2 is 2.08 bits per heavy atom. The van der Waals surface area contributed by atoms with Crippen LogP contribution in [0.5, 0.6) is 5.75 Å². The molecular weight excluding hydrogens is 330 g/mol. The Balaban J connectivity index is 1.52. The topological polar surface area (TPSA) is 74.4 Å². The lowest BCUT2D eigenvalue weighted by Gasteiger charge is -2.30. The van der Waals surface area contributed by atoms with E-state index in [-0.39, 0.29) is 18.2 Å². The maximum Gasteiger partial charge on any atom is 0.267 e. The number of amides is 2. The van der Waals surface area contributed by atoms with Crippen LogP contribution in [0.25, 0.3) is 10.9 Å². The fourth-order valence-corrected chi connectivity index (χ4v) is 3.25. The number of anilines is 2. The van der Waals surface area contributed by atoms with Gasteiger partial charge in [0.05, 0.1) is 12.1 Å². The summed E-state index contributed by atoms with van der Waals surface area (Å²) in [6, 6.07) is 13.2. The molecule has 0 aliphatic carbocycles. The van der Waals surface area contributed by atoms with Crippen molar-refractivity contribution in [1.82, 2.24) is 4.98 Å². The molecule has 132 valence electrons. The molecule has 2 heterocycles. The summed E-state index contributed by atoms with van der Waals surface area (Å²) in [6.45, 7) is 1.71. The molecule has 0 fully saturated rings. The highest BCUT2D eigenvalue weighted by molar-refractivity contribution is 6.00. The zero-order valence-corrected chi connectivity index (χ0v) is 14.6. The van der Waals surface area contributed by atoms with E-state index in [0.29, 0.717) is 17.1 Å². The van der Waals surface area contributed by atoms with Gasteiger partial charge < -0.3 is 19.9 Å². The molecule has 3 aromatic rings. The van der Waals surface area contributed by atoms with Crippen molar-refractivity contribution in [2.24, 2.45) is 0 Å². The number of aromatic nitrogens is 1. The zero-order chi connectivity index (χ0) is 18.3. The second-order valence-corrected chi connectivity index (χ2v) is 6.42. The van der Waals surface area contributed by atoms with Crippen molar-refractivity contribution in [1.29, 1.82) is 0 Å². The number of aromatic amines is 1. The van der Waals surface area contributed by atoms with Crippen LogP contribution in [-0.4, -0.2) is 29.9 Å². The molecule has 2 amide bonds. The van der Waals surface area contributed by atoms with Gasteiger partial charge in [0.2, 0.25) is 5.91 Å². The van der Waals surface area contributed by atoms with E-state index < -0.39 is 6.10 Å². The Labute approximate surface area is 150 Å². The molecule has 1 aromatic heterocycles. The van der Waals surface area contributed by atoms with Gasteiger partial charge in [-0.15, -0.1) is 0 Å². The minimum absolute atomic E-state index is 0.0892. The first kappa shape index (κ1) is 16.2.